The molecule has 152 valence electrons. The standard InChI is InChI=1S/C19H19F3N2O3.ClH/c1-11-9-15(12-3-2-8-23-10-12)27-18(26)16(11)17(25)24-14-6-4-13(5-7-14)19(20,21)22;/h4-7,9,12,23H,2-3,8,10H2,1H3,(H,24,25);1H. The highest BCUT2D eigenvalue weighted by Crippen LogP contribution is 2.30. The van der Waals surface area contributed by atoms with Gasteiger partial charge in [0, 0.05) is 18.2 Å². The van der Waals surface area contributed by atoms with Crippen molar-refractivity contribution in [2.45, 2.75) is 31.9 Å². The number of amides is 1. The summed E-state index contributed by atoms with van der Waals surface area (Å²) in [6, 6.07) is 5.69. The minimum absolute atomic E-state index is 0. The summed E-state index contributed by atoms with van der Waals surface area (Å²) in [5.74, 6) is -0.0951. The van der Waals surface area contributed by atoms with Crippen molar-refractivity contribution in [3.8, 4) is 0 Å². The number of halogens is 4. The fourth-order valence-electron chi connectivity index (χ4n) is 3.14. The lowest BCUT2D eigenvalue weighted by Crippen LogP contribution is -2.30. The highest BCUT2D eigenvalue weighted by Gasteiger charge is 2.30. The summed E-state index contributed by atoms with van der Waals surface area (Å²) in [7, 11) is 0. The molecule has 0 saturated carbocycles. The molecule has 3 rings (SSSR count). The van der Waals surface area contributed by atoms with Crippen LogP contribution in [0.5, 0.6) is 0 Å². The molecule has 5 nitrogen and oxygen atoms in total. The van der Waals surface area contributed by atoms with Gasteiger partial charge in [-0.25, -0.2) is 4.79 Å². The number of benzene rings is 1. The van der Waals surface area contributed by atoms with Gasteiger partial charge in [0.15, 0.2) is 0 Å². The van der Waals surface area contributed by atoms with E-state index in [1.165, 1.54) is 0 Å². The molecule has 1 atom stereocenters. The number of rotatable bonds is 3. The van der Waals surface area contributed by atoms with Gasteiger partial charge in [0.25, 0.3) is 5.91 Å². The van der Waals surface area contributed by atoms with E-state index in [0.29, 0.717) is 17.9 Å². The van der Waals surface area contributed by atoms with Gasteiger partial charge in [-0.05, 0) is 62.2 Å². The molecular formula is C19H20ClF3N2O3. The summed E-state index contributed by atoms with van der Waals surface area (Å²) in [6.07, 6.45) is -2.58. The van der Waals surface area contributed by atoms with E-state index in [0.717, 1.165) is 43.7 Å². The average Bonchev–Trinajstić information content (AvgIpc) is 2.61. The molecule has 1 aliphatic heterocycles. The van der Waals surface area contributed by atoms with Gasteiger partial charge >= 0.3 is 11.8 Å². The number of nitrogens with one attached hydrogen (secondary N) is 2. The molecule has 1 aromatic heterocycles. The van der Waals surface area contributed by atoms with Gasteiger partial charge in [-0.1, -0.05) is 0 Å². The van der Waals surface area contributed by atoms with E-state index >= 15 is 0 Å². The predicted molar refractivity (Wildman–Crippen MR) is 101 cm³/mol. The van der Waals surface area contributed by atoms with Crippen LogP contribution < -0.4 is 16.3 Å². The number of hydrogen-bond acceptors (Lipinski definition) is 4. The van der Waals surface area contributed by atoms with Crippen LogP contribution in [0.3, 0.4) is 0 Å². The third kappa shape index (κ3) is 4.94. The molecule has 1 aliphatic rings. The monoisotopic (exact) mass is 416 g/mol. The molecule has 0 bridgehead atoms. The number of alkyl halides is 3. The lowest BCUT2D eigenvalue weighted by Gasteiger charge is -2.22. The van der Waals surface area contributed by atoms with Gasteiger partial charge in [-0.15, -0.1) is 12.4 Å². The summed E-state index contributed by atoms with van der Waals surface area (Å²) >= 11 is 0. The molecule has 0 aliphatic carbocycles. The SMILES string of the molecule is Cc1cc(C2CCCNC2)oc(=O)c1C(=O)Nc1ccc(C(F)(F)F)cc1.Cl. The van der Waals surface area contributed by atoms with Crippen molar-refractivity contribution >= 4 is 24.0 Å². The quantitative estimate of drug-likeness (QED) is 0.790. The Morgan fingerprint density at radius 2 is 1.93 bits per heavy atom. The van der Waals surface area contributed by atoms with E-state index < -0.39 is 23.3 Å². The number of aryl methyl sites for hydroxylation is 1. The maximum Gasteiger partial charge on any atom is 0.416 e. The van der Waals surface area contributed by atoms with Crippen LogP contribution >= 0.6 is 12.4 Å². The molecule has 0 radical (unpaired) electrons. The van der Waals surface area contributed by atoms with Crippen molar-refractivity contribution in [1.29, 1.82) is 0 Å². The second-order valence-corrected chi connectivity index (χ2v) is 6.57. The molecule has 2 heterocycles. The minimum atomic E-state index is -4.45. The molecule has 1 unspecified atom stereocenters. The zero-order chi connectivity index (χ0) is 19.6. The summed E-state index contributed by atoms with van der Waals surface area (Å²) < 4.78 is 43.1. The predicted octanol–water partition coefficient (Wildman–Crippen LogP) is 4.11. The Balaban J connectivity index is 0.00000280. The maximum atomic E-state index is 12.6. The normalized spacial score (nSPS) is 16.9. The Hall–Kier alpha value is -2.32. The molecule has 1 amide bonds. The topological polar surface area (TPSA) is 71.3 Å². The van der Waals surface area contributed by atoms with Crippen LogP contribution in [0.15, 0.2) is 39.5 Å². The van der Waals surface area contributed by atoms with Gasteiger partial charge in [0.05, 0.1) is 5.56 Å². The van der Waals surface area contributed by atoms with Crippen molar-refractivity contribution < 1.29 is 22.4 Å². The molecule has 28 heavy (non-hydrogen) atoms. The Labute approximate surface area is 165 Å². The molecular weight excluding hydrogens is 397 g/mol. The molecule has 2 aromatic rings. The smallest absolute Gasteiger partial charge is 0.416 e. The second-order valence-electron chi connectivity index (χ2n) is 6.57. The minimum Gasteiger partial charge on any atom is -0.427 e. The number of hydrogen-bond donors (Lipinski definition) is 2. The fraction of sp³-hybridized carbons (Fsp3) is 0.368. The first kappa shape index (κ1) is 22.0. The van der Waals surface area contributed by atoms with E-state index in [4.69, 9.17) is 4.42 Å². The third-order valence-corrected chi connectivity index (χ3v) is 4.56. The Bertz CT molecular complexity index is 889. The van der Waals surface area contributed by atoms with Crippen LogP contribution in [0.25, 0.3) is 0 Å². The van der Waals surface area contributed by atoms with Gasteiger partial charge in [-0.2, -0.15) is 13.2 Å². The first-order valence-corrected chi connectivity index (χ1v) is 8.59. The summed E-state index contributed by atoms with van der Waals surface area (Å²) in [5, 5.41) is 5.67. The zero-order valence-electron chi connectivity index (χ0n) is 15.1. The first-order chi connectivity index (χ1) is 12.8. The van der Waals surface area contributed by atoms with E-state index in [2.05, 4.69) is 10.6 Å². The van der Waals surface area contributed by atoms with Crippen molar-refractivity contribution in [2.75, 3.05) is 18.4 Å². The molecule has 9 heteroatoms. The Morgan fingerprint density at radius 1 is 1.25 bits per heavy atom. The second kappa shape index (κ2) is 8.79. The van der Waals surface area contributed by atoms with Gasteiger partial charge in [0.2, 0.25) is 0 Å². The zero-order valence-corrected chi connectivity index (χ0v) is 15.9. The Kier molecular flexibility index (Phi) is 6.90. The number of carbonyl (C=O) groups excluding carboxylic acids is 1. The summed E-state index contributed by atoms with van der Waals surface area (Å²) in [6.45, 7) is 3.27. The van der Waals surface area contributed by atoms with Crippen molar-refractivity contribution in [3.63, 3.8) is 0 Å². The van der Waals surface area contributed by atoms with Crippen LogP contribution in [-0.2, 0) is 6.18 Å². The molecule has 2 N–H and O–H groups in total. The molecule has 1 saturated heterocycles. The molecule has 1 fully saturated rings. The fourth-order valence-corrected chi connectivity index (χ4v) is 3.14. The molecule has 0 spiro atoms. The van der Waals surface area contributed by atoms with Gasteiger partial charge in [0.1, 0.15) is 11.3 Å². The van der Waals surface area contributed by atoms with Crippen molar-refractivity contribution in [3.05, 3.63) is 63.2 Å². The van der Waals surface area contributed by atoms with E-state index in [9.17, 15) is 22.8 Å². The van der Waals surface area contributed by atoms with E-state index in [1.54, 1.807) is 13.0 Å². The lowest BCUT2D eigenvalue weighted by atomic mass is 9.95. The third-order valence-electron chi connectivity index (χ3n) is 4.56. The van der Waals surface area contributed by atoms with Crippen LogP contribution in [0.1, 0.15) is 46.0 Å². The number of piperidine rings is 1. The summed E-state index contributed by atoms with van der Waals surface area (Å²) in [5.41, 5.74) is -1.09. The van der Waals surface area contributed by atoms with Crippen LogP contribution in [-0.4, -0.2) is 19.0 Å². The van der Waals surface area contributed by atoms with Gasteiger partial charge in [-0.3, -0.25) is 4.79 Å². The average molecular weight is 417 g/mol. The van der Waals surface area contributed by atoms with Gasteiger partial charge < -0.3 is 15.1 Å². The largest absolute Gasteiger partial charge is 0.427 e. The van der Waals surface area contributed by atoms with Crippen molar-refractivity contribution in [2.24, 2.45) is 0 Å². The Morgan fingerprint density at radius 3 is 2.46 bits per heavy atom. The lowest BCUT2D eigenvalue weighted by molar-refractivity contribution is -0.137. The first-order valence-electron chi connectivity index (χ1n) is 8.59. The van der Waals surface area contributed by atoms with Crippen LogP contribution in [0, 0.1) is 6.92 Å². The van der Waals surface area contributed by atoms with Crippen molar-refractivity contribution in [1.82, 2.24) is 5.32 Å². The number of carbonyl (C=O) groups is 1. The van der Waals surface area contributed by atoms with Crippen LogP contribution in [0.2, 0.25) is 0 Å². The summed E-state index contributed by atoms with van der Waals surface area (Å²) in [4.78, 5) is 24.7. The maximum absolute atomic E-state index is 12.6. The number of anilines is 1. The molecule has 1 aromatic carbocycles. The highest BCUT2D eigenvalue weighted by atomic mass is 35.5. The van der Waals surface area contributed by atoms with Crippen LogP contribution in [0.4, 0.5) is 18.9 Å². The van der Waals surface area contributed by atoms with E-state index in [-0.39, 0.29) is 29.6 Å². The van der Waals surface area contributed by atoms with E-state index in [1.807, 2.05) is 0 Å². The highest BCUT2D eigenvalue weighted by molar-refractivity contribution is 6.04.